The molecule has 6 heteroatoms. The first-order chi connectivity index (χ1) is 15.5. The average Bonchev–Trinajstić information content (AvgIpc) is 2.81. The molecule has 1 atom stereocenters. The summed E-state index contributed by atoms with van der Waals surface area (Å²) in [6.45, 7) is 1.64. The van der Waals surface area contributed by atoms with E-state index in [1.807, 2.05) is 42.5 Å². The van der Waals surface area contributed by atoms with Crippen molar-refractivity contribution >= 4 is 12.0 Å². The van der Waals surface area contributed by atoms with Crippen LogP contribution >= 0.6 is 0 Å². The lowest BCUT2D eigenvalue weighted by Gasteiger charge is -2.16. The van der Waals surface area contributed by atoms with Crippen molar-refractivity contribution in [3.63, 3.8) is 0 Å². The Morgan fingerprint density at radius 2 is 1.66 bits per heavy atom. The van der Waals surface area contributed by atoms with Crippen molar-refractivity contribution in [1.29, 1.82) is 0 Å². The number of hydrogen-bond acceptors (Lipinski definition) is 6. The molecule has 166 valence electrons. The van der Waals surface area contributed by atoms with Gasteiger partial charge in [-0.1, -0.05) is 42.5 Å². The van der Waals surface area contributed by atoms with Crippen LogP contribution in [0.5, 0.6) is 23.0 Å². The second kappa shape index (κ2) is 11.0. The molecule has 0 fully saturated rings. The van der Waals surface area contributed by atoms with E-state index in [9.17, 15) is 9.90 Å². The summed E-state index contributed by atoms with van der Waals surface area (Å²) in [5, 5.41) is 10.9. The lowest BCUT2D eigenvalue weighted by Crippen LogP contribution is -2.05. The summed E-state index contributed by atoms with van der Waals surface area (Å²) in [7, 11) is 3.16. The maximum Gasteiger partial charge on any atom is 0.308 e. The molecule has 6 nitrogen and oxygen atoms in total. The van der Waals surface area contributed by atoms with Gasteiger partial charge < -0.3 is 24.1 Å². The molecule has 32 heavy (non-hydrogen) atoms. The van der Waals surface area contributed by atoms with E-state index in [-0.39, 0.29) is 0 Å². The first-order valence-electron chi connectivity index (χ1n) is 10.1. The Bertz CT molecular complexity index is 1070. The van der Waals surface area contributed by atoms with E-state index in [2.05, 4.69) is 0 Å². The zero-order chi connectivity index (χ0) is 22.9. The van der Waals surface area contributed by atoms with Crippen molar-refractivity contribution in [2.75, 3.05) is 14.2 Å². The molecule has 0 aliphatic carbocycles. The van der Waals surface area contributed by atoms with Crippen LogP contribution in [0.4, 0.5) is 0 Å². The molecule has 0 saturated heterocycles. The van der Waals surface area contributed by atoms with Gasteiger partial charge in [-0.2, -0.15) is 0 Å². The Hall–Kier alpha value is -3.77. The zero-order valence-corrected chi connectivity index (χ0v) is 18.3. The monoisotopic (exact) mass is 434 g/mol. The molecular formula is C26H26O6. The van der Waals surface area contributed by atoms with Crippen LogP contribution in [0.15, 0.2) is 72.8 Å². The molecule has 3 aromatic carbocycles. The number of esters is 1. The molecule has 0 bridgehead atoms. The molecule has 1 N–H and O–H groups in total. The summed E-state index contributed by atoms with van der Waals surface area (Å²) in [6.07, 6.45) is 2.45. The topological polar surface area (TPSA) is 74.2 Å². The van der Waals surface area contributed by atoms with E-state index in [4.69, 9.17) is 18.9 Å². The lowest BCUT2D eigenvalue weighted by molar-refractivity contribution is -0.131. The summed E-state index contributed by atoms with van der Waals surface area (Å²) in [5.74, 6) is 1.64. The van der Waals surface area contributed by atoms with Gasteiger partial charge in [-0.25, -0.2) is 0 Å². The number of benzene rings is 3. The summed E-state index contributed by atoms with van der Waals surface area (Å²) >= 11 is 0. The van der Waals surface area contributed by atoms with E-state index < -0.39 is 12.1 Å². The molecule has 0 aliphatic heterocycles. The molecule has 3 aromatic rings. The number of carbonyl (C=O) groups excluding carboxylic acids is 1. The Balaban J connectivity index is 1.86. The van der Waals surface area contributed by atoms with E-state index >= 15 is 0 Å². The highest BCUT2D eigenvalue weighted by atomic mass is 16.5. The molecule has 0 saturated carbocycles. The second-order valence-corrected chi connectivity index (χ2v) is 6.98. The molecule has 0 spiro atoms. The smallest absolute Gasteiger partial charge is 0.308 e. The highest BCUT2D eigenvalue weighted by Crippen LogP contribution is 2.33. The summed E-state index contributed by atoms with van der Waals surface area (Å²) in [4.78, 5) is 11.3. The van der Waals surface area contributed by atoms with E-state index in [0.29, 0.717) is 35.2 Å². The maximum atomic E-state index is 11.3. The Morgan fingerprint density at radius 3 is 2.34 bits per heavy atom. The highest BCUT2D eigenvalue weighted by molar-refractivity contribution is 5.69. The summed E-state index contributed by atoms with van der Waals surface area (Å²) in [5.41, 5.74) is 2.31. The van der Waals surface area contributed by atoms with Crippen LogP contribution in [0.1, 0.15) is 29.7 Å². The Labute approximate surface area is 187 Å². The molecule has 0 radical (unpaired) electrons. The highest BCUT2D eigenvalue weighted by Gasteiger charge is 2.14. The SMILES string of the molecule is COc1ccc(C=CC(O)c2ccc(OC(C)=O)cc2OCc2ccccc2)c(OC)c1. The van der Waals surface area contributed by atoms with Crippen molar-refractivity contribution in [3.05, 3.63) is 89.5 Å². The number of rotatable bonds is 9. The fraction of sp³-hybridized carbons (Fsp3) is 0.192. The Kier molecular flexibility index (Phi) is 7.89. The second-order valence-electron chi connectivity index (χ2n) is 6.98. The van der Waals surface area contributed by atoms with Gasteiger partial charge in [-0.3, -0.25) is 4.79 Å². The lowest BCUT2D eigenvalue weighted by atomic mass is 10.1. The van der Waals surface area contributed by atoms with E-state index in [1.165, 1.54) is 6.92 Å². The molecule has 0 aliphatic rings. The van der Waals surface area contributed by atoms with Gasteiger partial charge in [-0.15, -0.1) is 0 Å². The fourth-order valence-corrected chi connectivity index (χ4v) is 3.10. The average molecular weight is 434 g/mol. The molecule has 0 heterocycles. The largest absolute Gasteiger partial charge is 0.497 e. The first kappa shape index (κ1) is 22.9. The minimum Gasteiger partial charge on any atom is -0.497 e. The molecule has 0 aromatic heterocycles. The van der Waals surface area contributed by atoms with Crippen molar-refractivity contribution in [2.24, 2.45) is 0 Å². The molecule has 1 unspecified atom stereocenters. The predicted octanol–water partition coefficient (Wildman–Crippen LogP) is 4.95. The standard InChI is InChI=1S/C26H26O6/c1-18(27)32-22-12-13-23(26(16-22)31-17-19-7-5-4-6-8-19)24(28)14-10-20-9-11-21(29-2)15-25(20)30-3/h4-16,24,28H,17H2,1-3H3. The van der Waals surface area contributed by atoms with Gasteiger partial charge in [0, 0.05) is 30.2 Å². The quantitative estimate of drug-likeness (QED) is 0.379. The van der Waals surface area contributed by atoms with Crippen LogP contribution in [0.3, 0.4) is 0 Å². The van der Waals surface area contributed by atoms with Crippen LogP contribution < -0.4 is 18.9 Å². The molecular weight excluding hydrogens is 408 g/mol. The third-order valence-electron chi connectivity index (χ3n) is 4.70. The number of aliphatic hydroxyl groups is 1. The van der Waals surface area contributed by atoms with Crippen molar-refractivity contribution in [1.82, 2.24) is 0 Å². The van der Waals surface area contributed by atoms with Crippen molar-refractivity contribution in [2.45, 2.75) is 19.6 Å². The minimum atomic E-state index is -0.959. The fourth-order valence-electron chi connectivity index (χ4n) is 3.10. The van der Waals surface area contributed by atoms with E-state index in [1.54, 1.807) is 50.6 Å². The summed E-state index contributed by atoms with van der Waals surface area (Å²) in [6, 6.07) is 20.0. The van der Waals surface area contributed by atoms with Crippen molar-refractivity contribution < 1.29 is 28.8 Å². The first-order valence-corrected chi connectivity index (χ1v) is 10.1. The number of aliphatic hydroxyl groups excluding tert-OH is 1. The van der Waals surface area contributed by atoms with Crippen LogP contribution in [-0.2, 0) is 11.4 Å². The van der Waals surface area contributed by atoms with Gasteiger partial charge in [0.1, 0.15) is 35.7 Å². The molecule has 3 rings (SSSR count). The Morgan fingerprint density at radius 1 is 0.938 bits per heavy atom. The van der Waals surface area contributed by atoms with Crippen LogP contribution in [0.2, 0.25) is 0 Å². The van der Waals surface area contributed by atoms with Crippen molar-refractivity contribution in [3.8, 4) is 23.0 Å². The predicted molar refractivity (Wildman–Crippen MR) is 122 cm³/mol. The van der Waals surface area contributed by atoms with Gasteiger partial charge in [0.25, 0.3) is 0 Å². The normalized spacial score (nSPS) is 11.8. The van der Waals surface area contributed by atoms with Crippen LogP contribution in [-0.4, -0.2) is 25.3 Å². The third-order valence-corrected chi connectivity index (χ3v) is 4.70. The van der Waals surface area contributed by atoms with Gasteiger partial charge in [0.15, 0.2) is 0 Å². The molecule has 0 amide bonds. The number of ether oxygens (including phenoxy) is 4. The number of hydrogen-bond donors (Lipinski definition) is 1. The zero-order valence-electron chi connectivity index (χ0n) is 18.3. The van der Waals surface area contributed by atoms with Crippen LogP contribution in [0.25, 0.3) is 6.08 Å². The maximum absolute atomic E-state index is 11.3. The van der Waals surface area contributed by atoms with Gasteiger partial charge in [-0.05, 0) is 29.8 Å². The van der Waals surface area contributed by atoms with Gasteiger partial charge in [0.2, 0.25) is 0 Å². The third kappa shape index (κ3) is 6.12. The van der Waals surface area contributed by atoms with Gasteiger partial charge >= 0.3 is 5.97 Å². The number of methoxy groups -OCH3 is 2. The number of carbonyl (C=O) groups is 1. The minimum absolute atomic E-state index is 0.306. The van der Waals surface area contributed by atoms with E-state index in [0.717, 1.165) is 11.1 Å². The summed E-state index contributed by atoms with van der Waals surface area (Å²) < 4.78 is 21.8. The van der Waals surface area contributed by atoms with Gasteiger partial charge in [0.05, 0.1) is 14.2 Å². The van der Waals surface area contributed by atoms with Crippen LogP contribution in [0, 0.1) is 0 Å².